The SMILES string of the molecule is COC(=O)Cc1ccc(OC)c(OC)c1CCCCCO[Si](C)(C)C(C)(C)C. The Morgan fingerprint density at radius 3 is 2.21 bits per heavy atom. The van der Waals surface area contributed by atoms with E-state index in [0.717, 1.165) is 43.4 Å². The van der Waals surface area contributed by atoms with Crippen molar-refractivity contribution in [1.29, 1.82) is 0 Å². The quantitative estimate of drug-likeness (QED) is 0.287. The van der Waals surface area contributed by atoms with Gasteiger partial charge in [0.1, 0.15) is 0 Å². The predicted molar refractivity (Wildman–Crippen MR) is 116 cm³/mol. The average Bonchev–Trinajstić information content (AvgIpc) is 2.63. The van der Waals surface area contributed by atoms with Crippen molar-refractivity contribution in [3.63, 3.8) is 0 Å². The van der Waals surface area contributed by atoms with Gasteiger partial charge >= 0.3 is 5.97 Å². The maximum atomic E-state index is 11.8. The molecule has 0 bridgehead atoms. The molecule has 0 aromatic heterocycles. The Balaban J connectivity index is 2.70. The molecule has 160 valence electrons. The molecular weight excluding hydrogens is 372 g/mol. The lowest BCUT2D eigenvalue weighted by Gasteiger charge is -2.36. The number of carbonyl (C=O) groups is 1. The van der Waals surface area contributed by atoms with Gasteiger partial charge in [0.05, 0.1) is 27.8 Å². The molecule has 0 spiro atoms. The Kier molecular flexibility index (Phi) is 9.50. The van der Waals surface area contributed by atoms with Crippen molar-refractivity contribution >= 4 is 14.3 Å². The highest BCUT2D eigenvalue weighted by Crippen LogP contribution is 2.37. The summed E-state index contributed by atoms with van der Waals surface area (Å²) in [6, 6.07) is 3.77. The maximum absolute atomic E-state index is 11.8. The van der Waals surface area contributed by atoms with Gasteiger partial charge in [-0.25, -0.2) is 0 Å². The molecule has 0 unspecified atom stereocenters. The first kappa shape index (κ1) is 24.5. The van der Waals surface area contributed by atoms with Crippen LogP contribution in [0.4, 0.5) is 0 Å². The van der Waals surface area contributed by atoms with E-state index in [4.69, 9.17) is 18.6 Å². The molecule has 6 heteroatoms. The number of hydrogen-bond acceptors (Lipinski definition) is 5. The molecule has 0 aliphatic carbocycles. The Bertz CT molecular complexity index is 635. The van der Waals surface area contributed by atoms with Crippen molar-refractivity contribution in [2.75, 3.05) is 27.9 Å². The molecule has 0 saturated heterocycles. The van der Waals surface area contributed by atoms with Crippen molar-refractivity contribution in [2.45, 2.75) is 71.0 Å². The van der Waals surface area contributed by atoms with Crippen LogP contribution in [0, 0.1) is 0 Å². The minimum atomic E-state index is -1.68. The molecular formula is C22H38O5Si. The first-order valence-corrected chi connectivity index (χ1v) is 12.9. The third kappa shape index (κ3) is 6.81. The molecule has 1 rings (SSSR count). The van der Waals surface area contributed by atoms with Crippen LogP contribution in [0.3, 0.4) is 0 Å². The number of esters is 1. The van der Waals surface area contributed by atoms with E-state index in [2.05, 4.69) is 33.9 Å². The molecule has 0 saturated carbocycles. The van der Waals surface area contributed by atoms with Crippen LogP contribution in [0.25, 0.3) is 0 Å². The van der Waals surface area contributed by atoms with Gasteiger partial charge in [0.2, 0.25) is 0 Å². The van der Waals surface area contributed by atoms with Gasteiger partial charge in [-0.1, -0.05) is 33.3 Å². The summed E-state index contributed by atoms with van der Waals surface area (Å²) in [5, 5.41) is 0.240. The molecule has 1 aromatic carbocycles. The summed E-state index contributed by atoms with van der Waals surface area (Å²) in [6.45, 7) is 12.2. The van der Waals surface area contributed by atoms with Gasteiger partial charge in [-0.05, 0) is 49.0 Å². The van der Waals surface area contributed by atoms with Crippen LogP contribution in [0.2, 0.25) is 18.1 Å². The highest BCUT2D eigenvalue weighted by Gasteiger charge is 2.36. The lowest BCUT2D eigenvalue weighted by molar-refractivity contribution is -0.139. The second-order valence-corrected chi connectivity index (χ2v) is 13.4. The molecule has 5 nitrogen and oxygen atoms in total. The lowest BCUT2D eigenvalue weighted by atomic mass is 9.97. The number of unbranched alkanes of at least 4 members (excludes halogenated alkanes) is 2. The zero-order chi connectivity index (χ0) is 21.4. The average molecular weight is 411 g/mol. The first-order chi connectivity index (χ1) is 13.1. The van der Waals surface area contributed by atoms with Crippen LogP contribution in [0.5, 0.6) is 11.5 Å². The normalized spacial score (nSPS) is 12.0. The molecule has 28 heavy (non-hydrogen) atoms. The summed E-state index contributed by atoms with van der Waals surface area (Å²) in [5.41, 5.74) is 1.96. The van der Waals surface area contributed by atoms with Gasteiger partial charge in [0.15, 0.2) is 19.8 Å². The monoisotopic (exact) mass is 410 g/mol. The van der Waals surface area contributed by atoms with Crippen LogP contribution >= 0.6 is 0 Å². The van der Waals surface area contributed by atoms with E-state index in [0.29, 0.717) is 11.5 Å². The minimum absolute atomic E-state index is 0.237. The highest BCUT2D eigenvalue weighted by atomic mass is 28.4. The van der Waals surface area contributed by atoms with Crippen LogP contribution in [-0.4, -0.2) is 42.2 Å². The third-order valence-electron chi connectivity index (χ3n) is 5.65. The van der Waals surface area contributed by atoms with Crippen LogP contribution < -0.4 is 9.47 Å². The molecule has 0 atom stereocenters. The molecule has 0 aliphatic rings. The summed E-state index contributed by atoms with van der Waals surface area (Å²) in [7, 11) is 2.99. The van der Waals surface area contributed by atoms with Crippen molar-refractivity contribution in [3.8, 4) is 11.5 Å². The first-order valence-electron chi connectivity index (χ1n) is 10.0. The number of rotatable bonds is 11. The number of methoxy groups -OCH3 is 3. The summed E-state index contributed by atoms with van der Waals surface area (Å²) < 4.78 is 22.1. The largest absolute Gasteiger partial charge is 0.493 e. The van der Waals surface area contributed by atoms with E-state index in [1.165, 1.54) is 7.11 Å². The smallest absolute Gasteiger partial charge is 0.309 e. The van der Waals surface area contributed by atoms with E-state index in [9.17, 15) is 4.79 Å². The molecule has 1 aromatic rings. The standard InChI is InChI=1S/C22H38O5Si/c1-22(2,3)28(7,8)27-15-11-9-10-12-18-17(16-20(23)25-5)13-14-19(24-4)21(18)26-6/h13-14H,9-12,15-16H2,1-8H3. The van der Waals surface area contributed by atoms with E-state index in [1.54, 1.807) is 14.2 Å². The fourth-order valence-corrected chi connectivity index (χ4v) is 3.91. The third-order valence-corrected chi connectivity index (χ3v) is 10.2. The molecule has 0 N–H and O–H groups in total. The van der Waals surface area contributed by atoms with Crippen molar-refractivity contribution in [2.24, 2.45) is 0 Å². The van der Waals surface area contributed by atoms with Gasteiger partial charge in [-0.2, -0.15) is 0 Å². The number of carbonyl (C=O) groups excluding carboxylic acids is 1. The van der Waals surface area contributed by atoms with Gasteiger partial charge in [-0.15, -0.1) is 0 Å². The predicted octanol–water partition coefficient (Wildman–Crippen LogP) is 5.15. The summed E-state index contributed by atoms with van der Waals surface area (Å²) in [6.07, 6.45) is 4.16. The van der Waals surface area contributed by atoms with Crippen LogP contribution in [0.1, 0.15) is 51.2 Å². The fourth-order valence-electron chi connectivity index (χ4n) is 2.82. The number of hydrogen-bond donors (Lipinski definition) is 0. The topological polar surface area (TPSA) is 54.0 Å². The van der Waals surface area contributed by atoms with Crippen molar-refractivity contribution < 1.29 is 23.4 Å². The Morgan fingerprint density at radius 1 is 1.00 bits per heavy atom. The lowest BCUT2D eigenvalue weighted by Crippen LogP contribution is -2.40. The second-order valence-electron chi connectivity index (χ2n) is 8.61. The van der Waals surface area contributed by atoms with E-state index >= 15 is 0 Å². The Hall–Kier alpha value is -1.53. The van der Waals surface area contributed by atoms with Gasteiger partial charge in [0.25, 0.3) is 0 Å². The highest BCUT2D eigenvalue weighted by molar-refractivity contribution is 6.74. The van der Waals surface area contributed by atoms with Crippen molar-refractivity contribution in [1.82, 2.24) is 0 Å². The summed E-state index contributed by atoms with van der Waals surface area (Å²) in [4.78, 5) is 11.8. The molecule has 0 aliphatic heterocycles. The number of benzene rings is 1. The van der Waals surface area contributed by atoms with E-state index in [1.807, 2.05) is 12.1 Å². The minimum Gasteiger partial charge on any atom is -0.493 e. The summed E-state index contributed by atoms with van der Waals surface area (Å²) in [5.74, 6) is 1.14. The zero-order valence-corrected chi connectivity index (χ0v) is 19.9. The molecule has 0 radical (unpaired) electrons. The molecule has 0 amide bonds. The van der Waals surface area contributed by atoms with E-state index in [-0.39, 0.29) is 17.4 Å². The second kappa shape index (κ2) is 10.9. The Labute approximate surface area is 171 Å². The van der Waals surface area contributed by atoms with Gasteiger partial charge in [-0.3, -0.25) is 4.79 Å². The van der Waals surface area contributed by atoms with Gasteiger partial charge in [0, 0.05) is 12.2 Å². The van der Waals surface area contributed by atoms with Gasteiger partial charge < -0.3 is 18.6 Å². The fraction of sp³-hybridized carbons (Fsp3) is 0.682. The van der Waals surface area contributed by atoms with Crippen molar-refractivity contribution in [3.05, 3.63) is 23.3 Å². The van der Waals surface area contributed by atoms with Crippen LogP contribution in [0.15, 0.2) is 12.1 Å². The Morgan fingerprint density at radius 2 is 1.68 bits per heavy atom. The number of ether oxygens (including phenoxy) is 3. The molecule has 0 heterocycles. The van der Waals surface area contributed by atoms with E-state index < -0.39 is 8.32 Å². The van der Waals surface area contributed by atoms with Crippen LogP contribution in [-0.2, 0) is 26.8 Å². The maximum Gasteiger partial charge on any atom is 0.309 e. The summed E-state index contributed by atoms with van der Waals surface area (Å²) >= 11 is 0. The molecule has 0 fully saturated rings. The zero-order valence-electron chi connectivity index (χ0n) is 18.9.